The summed E-state index contributed by atoms with van der Waals surface area (Å²) in [6.45, 7) is 5.45. The highest BCUT2D eigenvalue weighted by Gasteiger charge is 2.11. The zero-order chi connectivity index (χ0) is 17.3. The standard InChI is InChI=1S/C18H23N5O2/c24-18(20-7-8-23-9-11-25-12-10-23)15-4-5-17(21-13-15)22-14-16-3-1-2-6-19-16/h1-6,13H,7-12,14H2,(H,20,24)(H,21,22). The lowest BCUT2D eigenvalue weighted by Crippen LogP contribution is -2.41. The number of anilines is 1. The van der Waals surface area contributed by atoms with E-state index in [4.69, 9.17) is 4.74 Å². The summed E-state index contributed by atoms with van der Waals surface area (Å²) in [4.78, 5) is 23.0. The molecule has 1 aliphatic rings. The van der Waals surface area contributed by atoms with Crippen LogP contribution in [0.4, 0.5) is 5.82 Å². The Labute approximate surface area is 147 Å². The van der Waals surface area contributed by atoms with Crippen LogP contribution in [-0.4, -0.2) is 60.2 Å². The van der Waals surface area contributed by atoms with E-state index in [-0.39, 0.29) is 5.91 Å². The average molecular weight is 341 g/mol. The van der Waals surface area contributed by atoms with Crippen LogP contribution < -0.4 is 10.6 Å². The number of hydrogen-bond donors (Lipinski definition) is 2. The normalized spacial score (nSPS) is 14.9. The van der Waals surface area contributed by atoms with Crippen molar-refractivity contribution in [3.8, 4) is 0 Å². The fraction of sp³-hybridized carbons (Fsp3) is 0.389. The van der Waals surface area contributed by atoms with Gasteiger partial charge in [-0.2, -0.15) is 0 Å². The van der Waals surface area contributed by atoms with Crippen molar-refractivity contribution >= 4 is 11.7 Å². The molecule has 3 rings (SSSR count). The summed E-state index contributed by atoms with van der Waals surface area (Å²) in [7, 11) is 0. The quantitative estimate of drug-likeness (QED) is 0.786. The number of ether oxygens (including phenoxy) is 1. The molecule has 2 aromatic heterocycles. The van der Waals surface area contributed by atoms with Crippen molar-refractivity contribution < 1.29 is 9.53 Å². The second kappa shape index (κ2) is 9.10. The Bertz CT molecular complexity index is 657. The van der Waals surface area contributed by atoms with Crippen LogP contribution in [0.25, 0.3) is 0 Å². The van der Waals surface area contributed by atoms with Crippen LogP contribution in [0.15, 0.2) is 42.7 Å². The monoisotopic (exact) mass is 341 g/mol. The summed E-state index contributed by atoms with van der Waals surface area (Å²) in [5, 5.41) is 6.12. The minimum atomic E-state index is -0.1000. The lowest BCUT2D eigenvalue weighted by Gasteiger charge is -2.26. The van der Waals surface area contributed by atoms with E-state index in [1.165, 1.54) is 0 Å². The van der Waals surface area contributed by atoms with Crippen molar-refractivity contribution in [2.75, 3.05) is 44.7 Å². The molecule has 0 aliphatic carbocycles. The number of nitrogens with zero attached hydrogens (tertiary/aromatic N) is 3. The molecule has 3 heterocycles. The van der Waals surface area contributed by atoms with Gasteiger partial charge in [0.1, 0.15) is 5.82 Å². The molecule has 132 valence electrons. The van der Waals surface area contributed by atoms with Crippen LogP contribution in [0.1, 0.15) is 16.1 Å². The van der Waals surface area contributed by atoms with Gasteiger partial charge in [-0.3, -0.25) is 14.7 Å². The SMILES string of the molecule is O=C(NCCN1CCOCC1)c1ccc(NCc2ccccn2)nc1. The molecule has 1 saturated heterocycles. The molecule has 1 aliphatic heterocycles. The van der Waals surface area contributed by atoms with Crippen molar-refractivity contribution in [1.82, 2.24) is 20.2 Å². The van der Waals surface area contributed by atoms with E-state index in [9.17, 15) is 4.79 Å². The first kappa shape index (κ1) is 17.3. The molecular formula is C18H23N5O2. The van der Waals surface area contributed by atoms with E-state index in [0.29, 0.717) is 18.7 Å². The third-order valence-corrected chi connectivity index (χ3v) is 4.02. The van der Waals surface area contributed by atoms with Crippen molar-refractivity contribution in [3.05, 3.63) is 54.0 Å². The lowest BCUT2D eigenvalue weighted by atomic mass is 10.2. The van der Waals surface area contributed by atoms with Crippen molar-refractivity contribution in [1.29, 1.82) is 0 Å². The zero-order valence-electron chi connectivity index (χ0n) is 14.1. The highest BCUT2D eigenvalue weighted by molar-refractivity contribution is 5.94. The maximum Gasteiger partial charge on any atom is 0.252 e. The minimum absolute atomic E-state index is 0.1000. The van der Waals surface area contributed by atoms with E-state index >= 15 is 0 Å². The lowest BCUT2D eigenvalue weighted by molar-refractivity contribution is 0.0383. The van der Waals surface area contributed by atoms with Crippen molar-refractivity contribution in [2.24, 2.45) is 0 Å². The summed E-state index contributed by atoms with van der Waals surface area (Å²) < 4.78 is 5.31. The smallest absolute Gasteiger partial charge is 0.252 e. The number of hydrogen-bond acceptors (Lipinski definition) is 6. The zero-order valence-corrected chi connectivity index (χ0v) is 14.1. The molecule has 0 unspecified atom stereocenters. The Hall–Kier alpha value is -2.51. The highest BCUT2D eigenvalue weighted by Crippen LogP contribution is 2.07. The first-order valence-electron chi connectivity index (χ1n) is 8.49. The molecule has 0 atom stereocenters. The van der Waals surface area contributed by atoms with E-state index in [2.05, 4.69) is 25.5 Å². The Kier molecular flexibility index (Phi) is 6.30. The van der Waals surface area contributed by atoms with Crippen LogP contribution in [0, 0.1) is 0 Å². The van der Waals surface area contributed by atoms with E-state index in [0.717, 1.165) is 44.4 Å². The van der Waals surface area contributed by atoms with Gasteiger partial charge in [-0.1, -0.05) is 6.07 Å². The summed E-state index contributed by atoms with van der Waals surface area (Å²) in [5.41, 5.74) is 1.50. The van der Waals surface area contributed by atoms with Gasteiger partial charge in [0.15, 0.2) is 0 Å². The predicted molar refractivity (Wildman–Crippen MR) is 95.4 cm³/mol. The number of pyridine rings is 2. The average Bonchev–Trinajstić information content (AvgIpc) is 2.68. The molecule has 25 heavy (non-hydrogen) atoms. The Balaban J connectivity index is 1.42. The molecule has 1 amide bonds. The van der Waals surface area contributed by atoms with Gasteiger partial charge < -0.3 is 15.4 Å². The second-order valence-corrected chi connectivity index (χ2v) is 5.82. The van der Waals surface area contributed by atoms with Gasteiger partial charge >= 0.3 is 0 Å². The predicted octanol–water partition coefficient (Wildman–Crippen LogP) is 1.15. The number of carbonyl (C=O) groups excluding carboxylic acids is 1. The summed E-state index contributed by atoms with van der Waals surface area (Å²) in [6.07, 6.45) is 3.35. The number of carbonyl (C=O) groups is 1. The molecule has 0 radical (unpaired) electrons. The number of rotatable bonds is 7. The van der Waals surface area contributed by atoms with Crippen LogP contribution in [0.2, 0.25) is 0 Å². The summed E-state index contributed by atoms with van der Waals surface area (Å²) >= 11 is 0. The molecule has 7 heteroatoms. The number of nitrogens with one attached hydrogen (secondary N) is 2. The molecule has 0 aromatic carbocycles. The molecule has 2 N–H and O–H groups in total. The second-order valence-electron chi connectivity index (χ2n) is 5.82. The molecule has 7 nitrogen and oxygen atoms in total. The number of morpholine rings is 1. The molecule has 0 bridgehead atoms. The first-order chi connectivity index (χ1) is 12.3. The highest BCUT2D eigenvalue weighted by atomic mass is 16.5. The minimum Gasteiger partial charge on any atom is -0.379 e. The Morgan fingerprint density at radius 3 is 2.76 bits per heavy atom. The molecule has 0 spiro atoms. The molecule has 1 fully saturated rings. The van der Waals surface area contributed by atoms with E-state index in [1.807, 2.05) is 18.2 Å². The van der Waals surface area contributed by atoms with E-state index in [1.54, 1.807) is 24.5 Å². The topological polar surface area (TPSA) is 79.4 Å². The van der Waals surface area contributed by atoms with Gasteiger partial charge in [0.2, 0.25) is 0 Å². The Morgan fingerprint density at radius 2 is 2.04 bits per heavy atom. The van der Waals surface area contributed by atoms with Crippen LogP contribution in [0.3, 0.4) is 0 Å². The van der Waals surface area contributed by atoms with Gasteiger partial charge in [-0.15, -0.1) is 0 Å². The fourth-order valence-corrected chi connectivity index (χ4v) is 2.57. The van der Waals surface area contributed by atoms with Gasteiger partial charge in [0.05, 0.1) is 31.0 Å². The molecular weight excluding hydrogens is 318 g/mol. The van der Waals surface area contributed by atoms with Gasteiger partial charge in [0.25, 0.3) is 5.91 Å². The fourth-order valence-electron chi connectivity index (χ4n) is 2.57. The third-order valence-electron chi connectivity index (χ3n) is 4.02. The summed E-state index contributed by atoms with van der Waals surface area (Å²) in [5.74, 6) is 0.618. The Morgan fingerprint density at radius 1 is 1.16 bits per heavy atom. The van der Waals surface area contributed by atoms with Gasteiger partial charge in [0, 0.05) is 38.6 Å². The van der Waals surface area contributed by atoms with Gasteiger partial charge in [-0.25, -0.2) is 4.98 Å². The van der Waals surface area contributed by atoms with Crippen molar-refractivity contribution in [2.45, 2.75) is 6.54 Å². The van der Waals surface area contributed by atoms with Crippen LogP contribution in [-0.2, 0) is 11.3 Å². The maximum atomic E-state index is 12.2. The maximum absolute atomic E-state index is 12.2. The van der Waals surface area contributed by atoms with E-state index < -0.39 is 0 Å². The first-order valence-corrected chi connectivity index (χ1v) is 8.49. The molecule has 0 saturated carbocycles. The summed E-state index contributed by atoms with van der Waals surface area (Å²) in [6, 6.07) is 9.36. The molecule has 2 aromatic rings. The third kappa shape index (κ3) is 5.51. The number of aromatic nitrogens is 2. The number of amides is 1. The largest absolute Gasteiger partial charge is 0.379 e. The van der Waals surface area contributed by atoms with Crippen LogP contribution in [0.5, 0.6) is 0 Å². The van der Waals surface area contributed by atoms with Gasteiger partial charge in [-0.05, 0) is 24.3 Å². The van der Waals surface area contributed by atoms with Crippen molar-refractivity contribution in [3.63, 3.8) is 0 Å². The van der Waals surface area contributed by atoms with Crippen LogP contribution >= 0.6 is 0 Å².